The first-order chi connectivity index (χ1) is 10.1. The van der Waals surface area contributed by atoms with Crippen molar-refractivity contribution < 1.29 is 10.1 Å². The van der Waals surface area contributed by atoms with Gasteiger partial charge in [0.2, 0.25) is 0 Å². The summed E-state index contributed by atoms with van der Waals surface area (Å²) in [5.74, 6) is 0. The van der Waals surface area contributed by atoms with Crippen LogP contribution in [0.1, 0.15) is 18.7 Å². The molecule has 6 heteroatoms. The number of nitro groups is 1. The molecule has 0 aromatic heterocycles. The number of nitrogens with zero attached hydrogens (tertiary/aromatic N) is 3. The molecule has 1 atom stereocenters. The fourth-order valence-corrected chi connectivity index (χ4v) is 2.40. The van der Waals surface area contributed by atoms with Gasteiger partial charge >= 0.3 is 0 Å². The first kappa shape index (κ1) is 13.3. The Morgan fingerprint density at radius 2 is 2.00 bits per heavy atom. The molecule has 0 saturated carbocycles. The molecule has 2 aromatic carbocycles. The monoisotopic (exact) mass is 283 g/mol. The van der Waals surface area contributed by atoms with E-state index in [4.69, 9.17) is 0 Å². The highest BCUT2D eigenvalue weighted by Gasteiger charge is 2.23. The van der Waals surface area contributed by atoms with Gasteiger partial charge in [0, 0.05) is 22.9 Å². The van der Waals surface area contributed by atoms with Crippen LogP contribution in [0.25, 0.3) is 5.70 Å². The second kappa shape index (κ2) is 4.99. The van der Waals surface area contributed by atoms with E-state index in [2.05, 4.69) is 4.99 Å². The highest BCUT2D eigenvalue weighted by molar-refractivity contribution is 5.43. The second-order valence-corrected chi connectivity index (χ2v) is 4.80. The predicted molar refractivity (Wildman–Crippen MR) is 75.8 cm³/mol. The smallest absolute Gasteiger partial charge is 0.269 e. The van der Waals surface area contributed by atoms with Crippen LogP contribution in [0.4, 0.5) is 5.69 Å². The summed E-state index contributed by atoms with van der Waals surface area (Å²) in [4.78, 5) is 14.9. The van der Waals surface area contributed by atoms with E-state index in [1.165, 1.54) is 12.1 Å². The van der Waals surface area contributed by atoms with Crippen molar-refractivity contribution in [2.45, 2.75) is 13.1 Å². The van der Waals surface area contributed by atoms with Gasteiger partial charge in [-0.15, -0.1) is 0 Å². The summed E-state index contributed by atoms with van der Waals surface area (Å²) >= 11 is 0. The molecule has 1 aliphatic heterocycles. The van der Waals surface area contributed by atoms with Crippen molar-refractivity contribution in [1.82, 2.24) is 5.06 Å². The highest BCUT2D eigenvalue weighted by atomic mass is 16.6. The number of non-ortho nitro benzene ring substituents is 1. The minimum absolute atomic E-state index is 0.0207. The number of benzene rings is 2. The summed E-state index contributed by atoms with van der Waals surface area (Å²) in [5, 5.41) is 23.8. The zero-order chi connectivity index (χ0) is 15.0. The van der Waals surface area contributed by atoms with Crippen LogP contribution in [-0.4, -0.2) is 15.2 Å². The lowest BCUT2D eigenvalue weighted by atomic mass is 10.1. The molecule has 106 valence electrons. The minimum Gasteiger partial charge on any atom is -0.286 e. The molecule has 1 unspecified atom stereocenters. The molecule has 21 heavy (non-hydrogen) atoms. The Bertz CT molecular complexity index is 832. The van der Waals surface area contributed by atoms with Crippen LogP contribution >= 0.6 is 0 Å². The topological polar surface area (TPSA) is 79.0 Å². The first-order valence-electron chi connectivity index (χ1n) is 6.44. The fourth-order valence-electron chi connectivity index (χ4n) is 2.40. The molecule has 0 radical (unpaired) electrons. The number of hydrogen-bond donors (Lipinski definition) is 1. The van der Waals surface area contributed by atoms with Crippen LogP contribution in [-0.2, 0) is 0 Å². The average Bonchev–Trinajstić information content (AvgIpc) is 2.51. The molecule has 1 heterocycles. The number of para-hydroxylation sites is 1. The van der Waals surface area contributed by atoms with Crippen LogP contribution in [0.2, 0.25) is 0 Å². The summed E-state index contributed by atoms with van der Waals surface area (Å²) < 4.78 is 0. The van der Waals surface area contributed by atoms with E-state index in [-0.39, 0.29) is 5.69 Å². The molecule has 6 nitrogen and oxygen atoms in total. The lowest BCUT2D eigenvalue weighted by molar-refractivity contribution is -0.385. The van der Waals surface area contributed by atoms with E-state index in [1.54, 1.807) is 19.1 Å². The van der Waals surface area contributed by atoms with Crippen LogP contribution in [0.15, 0.2) is 53.5 Å². The summed E-state index contributed by atoms with van der Waals surface area (Å²) in [7, 11) is 0. The van der Waals surface area contributed by atoms with E-state index in [1.807, 2.05) is 24.3 Å². The van der Waals surface area contributed by atoms with Crippen LogP contribution in [0, 0.1) is 10.1 Å². The van der Waals surface area contributed by atoms with Crippen molar-refractivity contribution >= 4 is 11.4 Å². The maximum absolute atomic E-state index is 10.9. The van der Waals surface area contributed by atoms with Crippen LogP contribution < -0.4 is 10.6 Å². The van der Waals surface area contributed by atoms with E-state index in [0.717, 1.165) is 15.6 Å². The summed E-state index contributed by atoms with van der Waals surface area (Å²) in [6.45, 7) is 1.79. The molecule has 0 fully saturated rings. The number of hydrogen-bond acceptors (Lipinski definition) is 5. The summed E-state index contributed by atoms with van der Waals surface area (Å²) in [6.07, 6.45) is -0.681. The van der Waals surface area contributed by atoms with Gasteiger partial charge in [-0.05, 0) is 13.0 Å². The molecule has 2 aromatic rings. The molecular formula is C15H13N3O3. The Morgan fingerprint density at radius 1 is 1.24 bits per heavy atom. The third-order valence-electron chi connectivity index (χ3n) is 3.51. The van der Waals surface area contributed by atoms with Crippen molar-refractivity contribution in [1.29, 1.82) is 0 Å². The van der Waals surface area contributed by atoms with Gasteiger partial charge < -0.3 is 0 Å². The zero-order valence-corrected chi connectivity index (χ0v) is 11.3. The van der Waals surface area contributed by atoms with Crippen molar-refractivity contribution in [2.75, 3.05) is 0 Å². The van der Waals surface area contributed by atoms with Gasteiger partial charge in [-0.3, -0.25) is 20.3 Å². The Balaban J connectivity index is 2.15. The van der Waals surface area contributed by atoms with Crippen molar-refractivity contribution in [3.8, 4) is 0 Å². The van der Waals surface area contributed by atoms with Crippen LogP contribution in [0.5, 0.6) is 0 Å². The molecule has 0 saturated heterocycles. The van der Waals surface area contributed by atoms with Crippen molar-refractivity contribution in [3.63, 3.8) is 0 Å². The molecule has 0 aliphatic carbocycles. The fraction of sp³-hybridized carbons (Fsp3) is 0.133. The Hall–Kier alpha value is -2.73. The van der Waals surface area contributed by atoms with Crippen molar-refractivity contribution in [2.24, 2.45) is 4.99 Å². The number of rotatable bonds is 2. The Labute approximate surface area is 120 Å². The molecule has 1 N–H and O–H groups in total. The third kappa shape index (κ3) is 2.25. The third-order valence-corrected chi connectivity index (χ3v) is 3.51. The van der Waals surface area contributed by atoms with Gasteiger partial charge in [-0.2, -0.15) is 0 Å². The lowest BCUT2D eigenvalue weighted by Gasteiger charge is -2.28. The van der Waals surface area contributed by atoms with E-state index in [9.17, 15) is 15.3 Å². The van der Waals surface area contributed by atoms with Gasteiger partial charge in [-0.25, -0.2) is 5.06 Å². The van der Waals surface area contributed by atoms with E-state index in [0.29, 0.717) is 11.3 Å². The standard InChI is InChI=1S/C15H13N3O3/c1-10-13-7-2-3-8-14(13)16-15(17(10)19)11-5-4-6-12(9-11)18(20)21/h2-9,15,19H,1H3. The molecule has 3 rings (SSSR count). The highest BCUT2D eigenvalue weighted by Crippen LogP contribution is 2.27. The zero-order valence-electron chi connectivity index (χ0n) is 11.3. The molecule has 0 amide bonds. The maximum Gasteiger partial charge on any atom is 0.269 e. The first-order valence-corrected chi connectivity index (χ1v) is 6.44. The SMILES string of the molecule is CC1=c2ccccc2=NC(c2cccc([N+](=O)[O-])c2)N1O. The molecule has 1 aliphatic rings. The molecular weight excluding hydrogens is 270 g/mol. The second-order valence-electron chi connectivity index (χ2n) is 4.80. The van der Waals surface area contributed by atoms with Gasteiger partial charge in [0.05, 0.1) is 16.0 Å². The lowest BCUT2D eigenvalue weighted by Crippen LogP contribution is -2.39. The van der Waals surface area contributed by atoms with E-state index >= 15 is 0 Å². The summed E-state index contributed by atoms with van der Waals surface area (Å²) in [5.41, 5.74) is 1.21. The number of nitro benzene ring substituents is 1. The van der Waals surface area contributed by atoms with Gasteiger partial charge in [0.1, 0.15) is 0 Å². The van der Waals surface area contributed by atoms with E-state index < -0.39 is 11.1 Å². The van der Waals surface area contributed by atoms with Crippen LogP contribution in [0.3, 0.4) is 0 Å². The van der Waals surface area contributed by atoms with Crippen molar-refractivity contribution in [3.05, 3.63) is 74.8 Å². The number of fused-ring (bicyclic) bond motifs is 1. The number of hydroxylamine groups is 2. The van der Waals surface area contributed by atoms with Gasteiger partial charge in [0.15, 0.2) is 6.17 Å². The van der Waals surface area contributed by atoms with Gasteiger partial charge in [-0.1, -0.05) is 30.3 Å². The average molecular weight is 283 g/mol. The largest absolute Gasteiger partial charge is 0.286 e. The molecule has 0 bridgehead atoms. The summed E-state index contributed by atoms with van der Waals surface area (Å²) in [6, 6.07) is 13.6. The Kier molecular flexibility index (Phi) is 3.15. The predicted octanol–water partition coefficient (Wildman–Crippen LogP) is 1.75. The minimum atomic E-state index is -0.681. The Morgan fingerprint density at radius 3 is 2.76 bits per heavy atom. The van der Waals surface area contributed by atoms with Gasteiger partial charge in [0.25, 0.3) is 5.69 Å². The molecule has 0 spiro atoms. The maximum atomic E-state index is 10.9. The quantitative estimate of drug-likeness (QED) is 0.672. The normalized spacial score (nSPS) is 17.1.